The minimum atomic E-state index is -1.65. The molecule has 1 aliphatic heterocycles. The Hall–Kier alpha value is -1.11. The van der Waals surface area contributed by atoms with Crippen LogP contribution in [0.15, 0.2) is 18.2 Å². The summed E-state index contributed by atoms with van der Waals surface area (Å²) < 4.78 is 18.9. The van der Waals surface area contributed by atoms with Crippen LogP contribution in [0.25, 0.3) is 0 Å². The minimum Gasteiger partial charge on any atom is -0.489 e. The van der Waals surface area contributed by atoms with Crippen molar-refractivity contribution in [3.05, 3.63) is 24.0 Å². The van der Waals surface area contributed by atoms with Crippen molar-refractivity contribution in [2.45, 2.75) is 12.8 Å². The lowest BCUT2D eigenvalue weighted by Gasteiger charge is -2.15. The van der Waals surface area contributed by atoms with E-state index in [4.69, 9.17) is 14.8 Å². The molecule has 18 heavy (non-hydrogen) atoms. The molecular formula is C12H17BFNO3. The predicted molar refractivity (Wildman–Crippen MR) is 67.4 cm³/mol. The Balaban J connectivity index is 1.85. The summed E-state index contributed by atoms with van der Waals surface area (Å²) >= 11 is 0. The summed E-state index contributed by atoms with van der Waals surface area (Å²) in [5.41, 5.74) is 0.124. The van der Waals surface area contributed by atoms with E-state index in [1.807, 2.05) is 0 Å². The lowest BCUT2D eigenvalue weighted by molar-refractivity contribution is 0.231. The average molecular weight is 253 g/mol. The lowest BCUT2D eigenvalue weighted by atomic mass is 9.80. The average Bonchev–Trinajstić information content (AvgIpc) is 2.84. The molecule has 0 amide bonds. The lowest BCUT2D eigenvalue weighted by Crippen LogP contribution is -2.30. The van der Waals surface area contributed by atoms with Crippen LogP contribution in [0, 0.1) is 5.82 Å². The molecule has 0 spiro atoms. The molecule has 0 aromatic heterocycles. The van der Waals surface area contributed by atoms with E-state index in [0.717, 1.165) is 25.7 Å². The fourth-order valence-corrected chi connectivity index (χ4v) is 2.09. The maximum atomic E-state index is 13.6. The molecule has 1 aromatic rings. The summed E-state index contributed by atoms with van der Waals surface area (Å²) in [7, 11) is -1.65. The fourth-order valence-electron chi connectivity index (χ4n) is 2.09. The summed E-state index contributed by atoms with van der Waals surface area (Å²) in [6, 6.07) is 3.95. The SMILES string of the molecule is OB(O)c1ccc(OCCN2CCCC2)c(F)c1. The van der Waals surface area contributed by atoms with Crippen molar-refractivity contribution in [3.63, 3.8) is 0 Å². The van der Waals surface area contributed by atoms with E-state index in [1.54, 1.807) is 0 Å². The standard InChI is InChI=1S/C12H17BFNO3/c14-11-9-10(13(16)17)3-4-12(11)18-8-7-15-5-1-2-6-15/h3-4,9,16-17H,1-2,5-8H2. The summed E-state index contributed by atoms with van der Waals surface area (Å²) in [5, 5.41) is 17.8. The summed E-state index contributed by atoms with van der Waals surface area (Å²) in [6.45, 7) is 3.41. The van der Waals surface area contributed by atoms with Gasteiger partial charge in [-0.15, -0.1) is 0 Å². The molecule has 0 unspecified atom stereocenters. The van der Waals surface area contributed by atoms with Gasteiger partial charge >= 0.3 is 7.12 Å². The van der Waals surface area contributed by atoms with Gasteiger partial charge in [-0.2, -0.15) is 0 Å². The molecule has 0 atom stereocenters. The van der Waals surface area contributed by atoms with Crippen LogP contribution >= 0.6 is 0 Å². The molecular weight excluding hydrogens is 236 g/mol. The Kier molecular flexibility index (Phi) is 4.57. The monoisotopic (exact) mass is 253 g/mol. The van der Waals surface area contributed by atoms with Crippen LogP contribution in [0.3, 0.4) is 0 Å². The largest absolute Gasteiger partial charge is 0.489 e. The van der Waals surface area contributed by atoms with Crippen LogP contribution in [-0.4, -0.2) is 48.3 Å². The molecule has 4 nitrogen and oxygen atoms in total. The van der Waals surface area contributed by atoms with Crippen LogP contribution < -0.4 is 10.2 Å². The third-order valence-corrected chi connectivity index (χ3v) is 3.12. The molecule has 1 fully saturated rings. The molecule has 0 saturated carbocycles. The van der Waals surface area contributed by atoms with Crippen molar-refractivity contribution in [2.75, 3.05) is 26.2 Å². The van der Waals surface area contributed by atoms with Crippen molar-refractivity contribution in [1.29, 1.82) is 0 Å². The van der Waals surface area contributed by atoms with Gasteiger partial charge in [0.2, 0.25) is 0 Å². The van der Waals surface area contributed by atoms with E-state index >= 15 is 0 Å². The van der Waals surface area contributed by atoms with Crippen LogP contribution in [-0.2, 0) is 0 Å². The van der Waals surface area contributed by atoms with Crippen molar-refractivity contribution in [1.82, 2.24) is 4.90 Å². The first-order valence-electron chi connectivity index (χ1n) is 6.17. The number of hydrogen-bond acceptors (Lipinski definition) is 4. The number of rotatable bonds is 5. The molecule has 0 bridgehead atoms. The Labute approximate surface area is 106 Å². The first-order chi connectivity index (χ1) is 8.66. The zero-order valence-corrected chi connectivity index (χ0v) is 10.2. The van der Waals surface area contributed by atoms with Gasteiger partial charge < -0.3 is 14.8 Å². The number of halogens is 1. The Bertz CT molecular complexity index is 397. The van der Waals surface area contributed by atoms with Crippen molar-refractivity contribution in [3.8, 4) is 5.75 Å². The number of nitrogens with zero attached hydrogens (tertiary/aromatic N) is 1. The topological polar surface area (TPSA) is 52.9 Å². The van der Waals surface area contributed by atoms with Crippen molar-refractivity contribution >= 4 is 12.6 Å². The summed E-state index contributed by atoms with van der Waals surface area (Å²) in [6.07, 6.45) is 2.44. The Morgan fingerprint density at radius 1 is 1.28 bits per heavy atom. The highest BCUT2D eigenvalue weighted by Crippen LogP contribution is 2.15. The third kappa shape index (κ3) is 3.44. The van der Waals surface area contributed by atoms with Crippen LogP contribution in [0.1, 0.15) is 12.8 Å². The predicted octanol–water partition coefficient (Wildman–Crippen LogP) is -0.0199. The Morgan fingerprint density at radius 3 is 2.61 bits per heavy atom. The maximum Gasteiger partial charge on any atom is 0.488 e. The van der Waals surface area contributed by atoms with E-state index in [1.165, 1.54) is 25.0 Å². The second-order valence-electron chi connectivity index (χ2n) is 4.46. The highest BCUT2D eigenvalue weighted by Gasteiger charge is 2.15. The molecule has 2 rings (SSSR count). The molecule has 98 valence electrons. The van der Waals surface area contributed by atoms with Crippen LogP contribution in [0.5, 0.6) is 5.75 Å². The fraction of sp³-hybridized carbons (Fsp3) is 0.500. The smallest absolute Gasteiger partial charge is 0.488 e. The first-order valence-corrected chi connectivity index (χ1v) is 6.17. The molecule has 1 heterocycles. The van der Waals surface area contributed by atoms with Gasteiger partial charge in [0.25, 0.3) is 0 Å². The zero-order valence-electron chi connectivity index (χ0n) is 10.2. The highest BCUT2D eigenvalue weighted by atomic mass is 19.1. The summed E-state index contributed by atoms with van der Waals surface area (Å²) in [5.74, 6) is -0.416. The van der Waals surface area contributed by atoms with Crippen molar-refractivity contribution < 1.29 is 19.2 Å². The van der Waals surface area contributed by atoms with E-state index < -0.39 is 12.9 Å². The molecule has 2 N–H and O–H groups in total. The molecule has 1 saturated heterocycles. The first kappa shape index (κ1) is 13.3. The number of benzene rings is 1. The second-order valence-corrected chi connectivity index (χ2v) is 4.46. The van der Waals surface area contributed by atoms with Gasteiger partial charge in [0, 0.05) is 6.54 Å². The minimum absolute atomic E-state index is 0.124. The molecule has 0 aliphatic carbocycles. The van der Waals surface area contributed by atoms with E-state index in [2.05, 4.69) is 4.90 Å². The zero-order chi connectivity index (χ0) is 13.0. The van der Waals surface area contributed by atoms with Crippen LogP contribution in [0.2, 0.25) is 0 Å². The number of hydrogen-bond donors (Lipinski definition) is 2. The van der Waals surface area contributed by atoms with E-state index in [-0.39, 0.29) is 11.2 Å². The van der Waals surface area contributed by atoms with E-state index in [9.17, 15) is 4.39 Å². The van der Waals surface area contributed by atoms with Crippen LogP contribution in [0.4, 0.5) is 4.39 Å². The van der Waals surface area contributed by atoms with Gasteiger partial charge in [-0.25, -0.2) is 4.39 Å². The maximum absolute atomic E-state index is 13.6. The second kappa shape index (κ2) is 6.18. The van der Waals surface area contributed by atoms with Crippen molar-refractivity contribution in [2.24, 2.45) is 0 Å². The Morgan fingerprint density at radius 2 is 2.00 bits per heavy atom. The molecule has 6 heteroatoms. The quantitative estimate of drug-likeness (QED) is 0.724. The van der Waals surface area contributed by atoms with Gasteiger partial charge in [0.05, 0.1) is 0 Å². The van der Waals surface area contributed by atoms with Gasteiger partial charge in [-0.1, -0.05) is 6.07 Å². The highest BCUT2D eigenvalue weighted by molar-refractivity contribution is 6.58. The van der Waals surface area contributed by atoms with Gasteiger partial charge in [-0.05, 0) is 43.5 Å². The molecule has 0 radical (unpaired) electrons. The molecule has 1 aliphatic rings. The third-order valence-electron chi connectivity index (χ3n) is 3.12. The van der Waals surface area contributed by atoms with Gasteiger partial charge in [-0.3, -0.25) is 4.90 Å². The van der Waals surface area contributed by atoms with Gasteiger partial charge in [0.15, 0.2) is 11.6 Å². The van der Waals surface area contributed by atoms with E-state index in [0.29, 0.717) is 6.61 Å². The number of ether oxygens (including phenoxy) is 1. The number of likely N-dealkylation sites (tertiary alicyclic amines) is 1. The normalized spacial score (nSPS) is 15.9. The summed E-state index contributed by atoms with van der Waals surface area (Å²) in [4.78, 5) is 2.28. The molecule has 1 aromatic carbocycles. The van der Waals surface area contributed by atoms with Gasteiger partial charge in [0.1, 0.15) is 6.61 Å².